The Morgan fingerprint density at radius 2 is 1.90 bits per heavy atom. The van der Waals surface area contributed by atoms with E-state index >= 15 is 0 Å². The normalized spacial score (nSPS) is 20.0. The molecule has 3 N–H and O–H groups in total. The number of piperazine rings is 1. The zero-order valence-corrected chi connectivity index (χ0v) is 18.3. The van der Waals surface area contributed by atoms with Crippen molar-refractivity contribution in [1.82, 2.24) is 29.8 Å². The molecule has 1 unspecified atom stereocenters. The third-order valence-corrected chi connectivity index (χ3v) is 8.10. The van der Waals surface area contributed by atoms with Gasteiger partial charge in [-0.2, -0.15) is 4.31 Å². The second-order valence-electron chi connectivity index (χ2n) is 8.11. The van der Waals surface area contributed by atoms with Gasteiger partial charge in [-0.3, -0.25) is 15.0 Å². The summed E-state index contributed by atoms with van der Waals surface area (Å²) in [6.45, 7) is 3.06. The number of carbonyl (C=O) groups excluding carboxylic acids is 2. The molecule has 0 bridgehead atoms. The number of urea groups is 1. The SMILES string of the molecule is CC(C(=O)NC(=O)NC1CCCC1)N1CCN(S(=O)(=O)c2c[nH]c3ncccc23)CC1. The first-order valence-electron chi connectivity index (χ1n) is 10.6. The molecule has 31 heavy (non-hydrogen) atoms. The summed E-state index contributed by atoms with van der Waals surface area (Å²) >= 11 is 0. The number of aromatic amines is 1. The fraction of sp³-hybridized carbons (Fsp3) is 0.550. The highest BCUT2D eigenvalue weighted by molar-refractivity contribution is 7.89. The van der Waals surface area contributed by atoms with Crippen LogP contribution in [0.4, 0.5) is 4.79 Å². The van der Waals surface area contributed by atoms with Gasteiger partial charge in [0, 0.05) is 50.0 Å². The number of hydrogen-bond donors (Lipinski definition) is 3. The Hall–Kier alpha value is -2.50. The fourth-order valence-electron chi connectivity index (χ4n) is 4.29. The van der Waals surface area contributed by atoms with Gasteiger partial charge in [-0.25, -0.2) is 18.2 Å². The van der Waals surface area contributed by atoms with Crippen LogP contribution in [0, 0.1) is 0 Å². The van der Waals surface area contributed by atoms with Crippen LogP contribution in [0.1, 0.15) is 32.6 Å². The molecule has 0 spiro atoms. The molecule has 0 radical (unpaired) electrons. The summed E-state index contributed by atoms with van der Waals surface area (Å²) in [4.78, 5) is 33.7. The van der Waals surface area contributed by atoms with Crippen molar-refractivity contribution in [3.05, 3.63) is 24.5 Å². The number of nitrogens with zero attached hydrogens (tertiary/aromatic N) is 3. The van der Waals surface area contributed by atoms with Gasteiger partial charge in [-0.05, 0) is 31.9 Å². The smallest absolute Gasteiger partial charge is 0.321 e. The zero-order chi connectivity index (χ0) is 22.0. The van der Waals surface area contributed by atoms with Crippen LogP contribution < -0.4 is 10.6 Å². The first-order valence-corrected chi connectivity index (χ1v) is 12.1. The van der Waals surface area contributed by atoms with E-state index < -0.39 is 22.1 Å². The first kappa shape index (κ1) is 21.7. The predicted molar refractivity (Wildman–Crippen MR) is 115 cm³/mol. The van der Waals surface area contributed by atoms with Crippen molar-refractivity contribution < 1.29 is 18.0 Å². The Balaban J connectivity index is 1.33. The van der Waals surface area contributed by atoms with Gasteiger partial charge in [0.25, 0.3) is 0 Å². The van der Waals surface area contributed by atoms with Crippen molar-refractivity contribution >= 4 is 33.0 Å². The van der Waals surface area contributed by atoms with Crippen molar-refractivity contribution in [1.29, 1.82) is 0 Å². The molecular formula is C20H28N6O4S. The summed E-state index contributed by atoms with van der Waals surface area (Å²) in [7, 11) is -3.68. The van der Waals surface area contributed by atoms with Crippen molar-refractivity contribution in [2.45, 2.75) is 49.6 Å². The van der Waals surface area contributed by atoms with E-state index in [1.54, 1.807) is 25.3 Å². The standard InChI is InChI=1S/C20H28N6O4S/c1-14(19(27)24-20(28)23-15-5-2-3-6-15)25-9-11-26(12-10-25)31(29,30)17-13-22-18-16(17)7-4-8-21-18/h4,7-8,13-15H,2-3,5-6,9-12H2,1H3,(H,21,22)(H2,23,24,27,28). The van der Waals surface area contributed by atoms with E-state index in [1.807, 2.05) is 4.90 Å². The molecule has 4 rings (SSSR count). The van der Waals surface area contributed by atoms with E-state index in [1.165, 1.54) is 10.5 Å². The van der Waals surface area contributed by atoms with Gasteiger partial charge in [-0.1, -0.05) is 12.8 Å². The summed E-state index contributed by atoms with van der Waals surface area (Å²) in [6.07, 6.45) is 7.15. The average Bonchev–Trinajstić information content (AvgIpc) is 3.43. The minimum absolute atomic E-state index is 0.136. The minimum atomic E-state index is -3.68. The van der Waals surface area contributed by atoms with Gasteiger partial charge in [0.1, 0.15) is 10.5 Å². The van der Waals surface area contributed by atoms with Crippen molar-refractivity contribution in [3.8, 4) is 0 Å². The molecular weight excluding hydrogens is 420 g/mol. The molecule has 10 nitrogen and oxygen atoms in total. The van der Waals surface area contributed by atoms with Crippen LogP contribution in [0.25, 0.3) is 11.0 Å². The molecule has 2 aromatic heterocycles. The molecule has 11 heteroatoms. The summed E-state index contributed by atoms with van der Waals surface area (Å²) in [5.74, 6) is -0.380. The van der Waals surface area contributed by atoms with Crippen LogP contribution in [-0.2, 0) is 14.8 Å². The number of nitrogens with one attached hydrogen (secondary N) is 3. The number of pyridine rings is 1. The zero-order valence-electron chi connectivity index (χ0n) is 17.5. The molecule has 2 fully saturated rings. The van der Waals surface area contributed by atoms with E-state index in [-0.39, 0.29) is 29.9 Å². The van der Waals surface area contributed by atoms with Crippen LogP contribution in [0.15, 0.2) is 29.4 Å². The van der Waals surface area contributed by atoms with E-state index in [9.17, 15) is 18.0 Å². The lowest BCUT2D eigenvalue weighted by atomic mass is 10.2. The minimum Gasteiger partial charge on any atom is -0.345 e. The number of amides is 3. The summed E-state index contributed by atoms with van der Waals surface area (Å²) in [5, 5.41) is 5.82. The molecule has 168 valence electrons. The maximum Gasteiger partial charge on any atom is 0.321 e. The number of carbonyl (C=O) groups is 2. The van der Waals surface area contributed by atoms with Crippen LogP contribution in [0.5, 0.6) is 0 Å². The third kappa shape index (κ3) is 4.58. The van der Waals surface area contributed by atoms with Crippen molar-refractivity contribution in [2.75, 3.05) is 26.2 Å². The molecule has 2 aliphatic rings. The summed E-state index contributed by atoms with van der Waals surface area (Å²) in [5.41, 5.74) is 0.529. The maximum atomic E-state index is 13.1. The van der Waals surface area contributed by atoms with Gasteiger partial charge >= 0.3 is 6.03 Å². The second-order valence-corrected chi connectivity index (χ2v) is 10.0. The number of imide groups is 1. The monoisotopic (exact) mass is 448 g/mol. The topological polar surface area (TPSA) is 127 Å². The Bertz CT molecular complexity index is 1050. The van der Waals surface area contributed by atoms with E-state index in [2.05, 4.69) is 20.6 Å². The second kappa shape index (κ2) is 8.93. The Labute approximate surface area is 181 Å². The maximum absolute atomic E-state index is 13.1. The summed E-state index contributed by atoms with van der Waals surface area (Å²) < 4.78 is 27.6. The number of aromatic nitrogens is 2. The molecule has 1 aliphatic carbocycles. The molecule has 3 heterocycles. The van der Waals surface area contributed by atoms with Crippen molar-refractivity contribution in [2.24, 2.45) is 0 Å². The number of rotatable bonds is 5. The lowest BCUT2D eigenvalue weighted by Gasteiger charge is -2.36. The number of fused-ring (bicyclic) bond motifs is 1. The quantitative estimate of drug-likeness (QED) is 0.627. The van der Waals surface area contributed by atoms with Crippen LogP contribution in [0.3, 0.4) is 0 Å². The van der Waals surface area contributed by atoms with Gasteiger partial charge in [0.15, 0.2) is 0 Å². The Kier molecular flexibility index (Phi) is 6.26. The van der Waals surface area contributed by atoms with Gasteiger partial charge < -0.3 is 10.3 Å². The van der Waals surface area contributed by atoms with Gasteiger partial charge in [-0.15, -0.1) is 0 Å². The summed E-state index contributed by atoms with van der Waals surface area (Å²) in [6, 6.07) is 2.58. The molecule has 3 amide bonds. The van der Waals surface area contributed by atoms with E-state index in [0.29, 0.717) is 24.1 Å². The van der Waals surface area contributed by atoms with E-state index in [0.717, 1.165) is 25.7 Å². The number of hydrogen-bond acceptors (Lipinski definition) is 6. The van der Waals surface area contributed by atoms with Crippen molar-refractivity contribution in [3.63, 3.8) is 0 Å². The van der Waals surface area contributed by atoms with Crippen LogP contribution in [0.2, 0.25) is 0 Å². The molecule has 0 aromatic carbocycles. The lowest BCUT2D eigenvalue weighted by molar-refractivity contribution is -0.125. The molecule has 1 atom stereocenters. The highest BCUT2D eigenvalue weighted by Gasteiger charge is 2.33. The average molecular weight is 449 g/mol. The van der Waals surface area contributed by atoms with Gasteiger partial charge in [0.2, 0.25) is 15.9 Å². The number of sulfonamides is 1. The predicted octanol–water partition coefficient (Wildman–Crippen LogP) is 1.03. The third-order valence-electron chi connectivity index (χ3n) is 6.16. The van der Waals surface area contributed by atoms with Crippen LogP contribution >= 0.6 is 0 Å². The molecule has 2 aromatic rings. The van der Waals surface area contributed by atoms with E-state index in [4.69, 9.17) is 0 Å². The molecule has 1 saturated carbocycles. The highest BCUT2D eigenvalue weighted by Crippen LogP contribution is 2.25. The highest BCUT2D eigenvalue weighted by atomic mass is 32.2. The first-order chi connectivity index (χ1) is 14.9. The fourth-order valence-corrected chi connectivity index (χ4v) is 5.86. The van der Waals surface area contributed by atoms with Crippen LogP contribution in [-0.4, -0.2) is 77.8 Å². The Morgan fingerprint density at radius 1 is 1.19 bits per heavy atom. The largest absolute Gasteiger partial charge is 0.345 e. The molecule has 1 saturated heterocycles. The lowest BCUT2D eigenvalue weighted by Crippen LogP contribution is -2.56. The molecule has 1 aliphatic heterocycles. The Morgan fingerprint density at radius 3 is 2.61 bits per heavy atom. The van der Waals surface area contributed by atoms with Gasteiger partial charge in [0.05, 0.1) is 6.04 Å². The number of H-pyrrole nitrogens is 1.